The predicted molar refractivity (Wildman–Crippen MR) is 114 cm³/mol. The van der Waals surface area contributed by atoms with E-state index in [0.29, 0.717) is 27.0 Å². The Kier molecular flexibility index (Phi) is 6.26. The molecule has 0 unspecified atom stereocenters. The topological polar surface area (TPSA) is 101 Å². The first-order valence-corrected chi connectivity index (χ1v) is 10.5. The molecule has 0 bridgehead atoms. The molecular formula is C19H15Cl2N3O4S. The number of non-ortho nitro benzene ring substituents is 1. The Morgan fingerprint density at radius 2 is 1.69 bits per heavy atom. The van der Waals surface area contributed by atoms with Gasteiger partial charge in [-0.15, -0.1) is 0 Å². The highest BCUT2D eigenvalue weighted by atomic mass is 35.5. The van der Waals surface area contributed by atoms with Crippen LogP contribution in [0.4, 0.5) is 17.1 Å². The molecule has 10 heteroatoms. The maximum absolute atomic E-state index is 12.7. The minimum absolute atomic E-state index is 0.202. The molecule has 7 nitrogen and oxygen atoms in total. The van der Waals surface area contributed by atoms with Gasteiger partial charge < -0.3 is 5.32 Å². The number of rotatable bonds is 7. The van der Waals surface area contributed by atoms with E-state index in [1.165, 1.54) is 18.2 Å². The van der Waals surface area contributed by atoms with Crippen molar-refractivity contribution in [2.24, 2.45) is 0 Å². The van der Waals surface area contributed by atoms with Crippen molar-refractivity contribution in [1.29, 1.82) is 0 Å². The summed E-state index contributed by atoms with van der Waals surface area (Å²) in [7, 11) is -4.02. The lowest BCUT2D eigenvalue weighted by molar-refractivity contribution is -0.385. The molecule has 3 aromatic rings. The Bertz CT molecular complexity index is 1170. The third kappa shape index (κ3) is 5.17. The molecule has 3 aromatic carbocycles. The smallest absolute Gasteiger partial charge is 0.270 e. The largest absolute Gasteiger partial charge is 0.380 e. The first kappa shape index (κ1) is 20.9. The van der Waals surface area contributed by atoms with Crippen LogP contribution in [0.1, 0.15) is 5.56 Å². The molecule has 0 fully saturated rings. The number of nitrogens with one attached hydrogen (secondary N) is 2. The number of hydrogen-bond acceptors (Lipinski definition) is 5. The maximum atomic E-state index is 12.7. The molecule has 0 amide bonds. The molecule has 0 saturated carbocycles. The Hall–Kier alpha value is -2.81. The minimum atomic E-state index is -4.02. The fourth-order valence-electron chi connectivity index (χ4n) is 2.57. The average Bonchev–Trinajstić information content (AvgIpc) is 2.69. The first-order chi connectivity index (χ1) is 13.8. The molecule has 150 valence electrons. The summed E-state index contributed by atoms with van der Waals surface area (Å²) in [5.41, 5.74) is 1.29. The van der Waals surface area contributed by atoms with E-state index in [9.17, 15) is 18.5 Å². The van der Waals surface area contributed by atoms with Crippen LogP contribution < -0.4 is 10.0 Å². The second-order valence-corrected chi connectivity index (χ2v) is 8.52. The molecule has 3 rings (SSSR count). The molecule has 29 heavy (non-hydrogen) atoms. The predicted octanol–water partition coefficient (Wildman–Crippen LogP) is 5.31. The molecule has 0 aliphatic rings. The quantitative estimate of drug-likeness (QED) is 0.374. The number of halogens is 2. The lowest BCUT2D eigenvalue weighted by Gasteiger charge is -2.14. The van der Waals surface area contributed by atoms with Gasteiger partial charge in [-0.2, -0.15) is 0 Å². The molecule has 0 aromatic heterocycles. The molecule has 2 N–H and O–H groups in total. The average molecular weight is 452 g/mol. The van der Waals surface area contributed by atoms with Gasteiger partial charge in [0, 0.05) is 23.7 Å². The number of nitro benzene ring substituents is 1. The van der Waals surface area contributed by atoms with Crippen molar-refractivity contribution in [3.8, 4) is 0 Å². The number of hydrogen-bond donors (Lipinski definition) is 2. The van der Waals surface area contributed by atoms with Crippen LogP contribution >= 0.6 is 23.2 Å². The molecule has 0 heterocycles. The van der Waals surface area contributed by atoms with Gasteiger partial charge in [-0.1, -0.05) is 47.5 Å². The van der Waals surface area contributed by atoms with E-state index < -0.39 is 14.9 Å². The van der Waals surface area contributed by atoms with Crippen molar-refractivity contribution in [2.45, 2.75) is 11.4 Å². The van der Waals surface area contributed by atoms with Crippen LogP contribution in [0.3, 0.4) is 0 Å². The van der Waals surface area contributed by atoms with Crippen LogP contribution in [0.5, 0.6) is 0 Å². The van der Waals surface area contributed by atoms with E-state index in [-0.39, 0.29) is 17.1 Å². The molecule has 0 saturated heterocycles. The monoisotopic (exact) mass is 451 g/mol. The van der Waals surface area contributed by atoms with Crippen molar-refractivity contribution in [2.75, 3.05) is 10.0 Å². The van der Waals surface area contributed by atoms with Gasteiger partial charge in [0.15, 0.2) is 0 Å². The van der Waals surface area contributed by atoms with Gasteiger partial charge in [-0.25, -0.2) is 8.42 Å². The molecule has 0 spiro atoms. The zero-order valence-electron chi connectivity index (χ0n) is 14.8. The van der Waals surface area contributed by atoms with Crippen LogP contribution in [0.15, 0.2) is 71.6 Å². The van der Waals surface area contributed by atoms with Crippen LogP contribution in [0.2, 0.25) is 10.0 Å². The Morgan fingerprint density at radius 1 is 0.931 bits per heavy atom. The van der Waals surface area contributed by atoms with Crippen molar-refractivity contribution in [3.05, 3.63) is 92.5 Å². The van der Waals surface area contributed by atoms with E-state index in [1.54, 1.807) is 42.5 Å². The summed E-state index contributed by atoms with van der Waals surface area (Å²) in [6.07, 6.45) is 0. The SMILES string of the molecule is O=[N+]([O-])c1cccc(S(=O)(=O)Nc2ccccc2CNc2cc(Cl)ccc2Cl)c1. The van der Waals surface area contributed by atoms with Gasteiger partial charge in [0.25, 0.3) is 15.7 Å². The Morgan fingerprint density at radius 3 is 2.45 bits per heavy atom. The van der Waals surface area contributed by atoms with Crippen LogP contribution in [-0.2, 0) is 16.6 Å². The number of anilines is 2. The van der Waals surface area contributed by atoms with E-state index in [0.717, 1.165) is 6.07 Å². The van der Waals surface area contributed by atoms with Gasteiger partial charge in [-0.05, 0) is 35.9 Å². The Balaban J connectivity index is 1.84. The van der Waals surface area contributed by atoms with Crippen molar-refractivity contribution >= 4 is 50.3 Å². The number of para-hydroxylation sites is 1. The highest BCUT2D eigenvalue weighted by Crippen LogP contribution is 2.27. The van der Waals surface area contributed by atoms with E-state index in [2.05, 4.69) is 10.0 Å². The third-order valence-electron chi connectivity index (χ3n) is 4.00. The summed E-state index contributed by atoms with van der Waals surface area (Å²) in [4.78, 5) is 10.1. The van der Waals surface area contributed by atoms with Crippen molar-refractivity contribution in [3.63, 3.8) is 0 Å². The van der Waals surface area contributed by atoms with E-state index in [1.807, 2.05) is 0 Å². The van der Waals surface area contributed by atoms with Crippen molar-refractivity contribution in [1.82, 2.24) is 0 Å². The second-order valence-electron chi connectivity index (χ2n) is 5.99. The zero-order valence-corrected chi connectivity index (χ0v) is 17.1. The standard InChI is InChI=1S/C19H15Cl2N3O4S/c20-14-8-9-17(21)19(10-14)22-12-13-4-1-2-7-18(13)23-29(27,28)16-6-3-5-15(11-16)24(25)26/h1-11,22-23H,12H2. The molecular weight excluding hydrogens is 437 g/mol. The summed E-state index contributed by atoms with van der Waals surface area (Å²) in [6.45, 7) is 0.272. The highest BCUT2D eigenvalue weighted by molar-refractivity contribution is 7.92. The summed E-state index contributed by atoms with van der Waals surface area (Å²) in [5, 5.41) is 15.0. The third-order valence-corrected chi connectivity index (χ3v) is 5.93. The summed E-state index contributed by atoms with van der Waals surface area (Å²) < 4.78 is 27.9. The fraction of sp³-hybridized carbons (Fsp3) is 0.0526. The van der Waals surface area contributed by atoms with Crippen LogP contribution in [-0.4, -0.2) is 13.3 Å². The number of sulfonamides is 1. The van der Waals surface area contributed by atoms with Crippen molar-refractivity contribution < 1.29 is 13.3 Å². The summed E-state index contributed by atoms with van der Waals surface area (Å²) >= 11 is 12.1. The van der Waals surface area contributed by atoms with Gasteiger partial charge in [-0.3, -0.25) is 14.8 Å². The number of nitro groups is 1. The highest BCUT2D eigenvalue weighted by Gasteiger charge is 2.19. The minimum Gasteiger partial charge on any atom is -0.380 e. The molecule has 0 atom stereocenters. The lowest BCUT2D eigenvalue weighted by Crippen LogP contribution is -2.15. The number of benzene rings is 3. The summed E-state index contributed by atoms with van der Waals surface area (Å²) in [6, 6.07) is 16.6. The molecule has 0 aliphatic carbocycles. The second kappa shape index (κ2) is 8.69. The van der Waals surface area contributed by atoms with E-state index >= 15 is 0 Å². The van der Waals surface area contributed by atoms with Gasteiger partial charge in [0.2, 0.25) is 0 Å². The molecule has 0 aliphatic heterocycles. The fourth-order valence-corrected chi connectivity index (χ4v) is 4.06. The van der Waals surface area contributed by atoms with Crippen LogP contribution in [0, 0.1) is 10.1 Å². The number of nitrogens with zero attached hydrogens (tertiary/aromatic N) is 1. The normalized spacial score (nSPS) is 11.1. The van der Waals surface area contributed by atoms with Gasteiger partial charge in [0.1, 0.15) is 0 Å². The molecule has 0 radical (unpaired) electrons. The van der Waals surface area contributed by atoms with Crippen LogP contribution in [0.25, 0.3) is 0 Å². The van der Waals surface area contributed by atoms with Gasteiger partial charge >= 0.3 is 0 Å². The zero-order chi connectivity index (χ0) is 21.0. The maximum Gasteiger partial charge on any atom is 0.270 e. The van der Waals surface area contributed by atoms with Gasteiger partial charge in [0.05, 0.1) is 26.2 Å². The lowest BCUT2D eigenvalue weighted by atomic mass is 10.2. The Labute approximate surface area is 177 Å². The summed E-state index contributed by atoms with van der Waals surface area (Å²) in [5.74, 6) is 0. The first-order valence-electron chi connectivity index (χ1n) is 8.30. The van der Waals surface area contributed by atoms with E-state index in [4.69, 9.17) is 23.2 Å².